The van der Waals surface area contributed by atoms with Crippen molar-refractivity contribution in [3.8, 4) is 28.7 Å². The number of benzene rings is 4. The Kier molecular flexibility index (Phi) is 8.72. The largest absolute Gasteiger partial charge is 0.497 e. The smallest absolute Gasteiger partial charge is 0.339 e. The van der Waals surface area contributed by atoms with Crippen molar-refractivity contribution in [1.82, 2.24) is 0 Å². The van der Waals surface area contributed by atoms with Gasteiger partial charge < -0.3 is 28.8 Å². The third-order valence-electron chi connectivity index (χ3n) is 6.06. The molecule has 196 valence electrons. The lowest BCUT2D eigenvalue weighted by molar-refractivity contribution is 0.0690. The number of hydrogen-bond donors (Lipinski definition) is 1. The van der Waals surface area contributed by atoms with Gasteiger partial charge in [0.2, 0.25) is 0 Å². The molecule has 7 heteroatoms. The minimum Gasteiger partial charge on any atom is -0.497 e. The molecule has 0 aliphatic heterocycles. The molecule has 4 aromatic rings. The summed E-state index contributed by atoms with van der Waals surface area (Å²) in [4.78, 5) is 12.2. The summed E-state index contributed by atoms with van der Waals surface area (Å²) < 4.78 is 28.2. The Labute approximate surface area is 222 Å². The van der Waals surface area contributed by atoms with Gasteiger partial charge in [-0.1, -0.05) is 42.5 Å². The van der Waals surface area contributed by atoms with Crippen LogP contribution in [0.15, 0.2) is 84.9 Å². The normalized spacial score (nSPS) is 10.5. The molecule has 38 heavy (non-hydrogen) atoms. The van der Waals surface area contributed by atoms with Crippen LogP contribution in [0.3, 0.4) is 0 Å². The Bertz CT molecular complexity index is 1350. The molecule has 0 aromatic heterocycles. The topological polar surface area (TPSA) is 83.5 Å². The van der Waals surface area contributed by atoms with E-state index in [1.165, 1.54) is 0 Å². The van der Waals surface area contributed by atoms with Crippen molar-refractivity contribution in [3.05, 3.63) is 113 Å². The summed E-state index contributed by atoms with van der Waals surface area (Å²) in [5.74, 6) is 1.71. The maximum atomic E-state index is 12.2. The first-order valence-electron chi connectivity index (χ1n) is 12.0. The van der Waals surface area contributed by atoms with E-state index in [0.717, 1.165) is 39.5 Å². The van der Waals surface area contributed by atoms with Gasteiger partial charge in [0.15, 0.2) is 11.5 Å². The molecule has 0 aliphatic carbocycles. The molecule has 0 unspecified atom stereocenters. The fourth-order valence-corrected chi connectivity index (χ4v) is 3.93. The Morgan fingerprint density at radius 3 is 1.42 bits per heavy atom. The van der Waals surface area contributed by atoms with Crippen molar-refractivity contribution in [2.75, 3.05) is 21.3 Å². The van der Waals surface area contributed by atoms with Gasteiger partial charge in [-0.25, -0.2) is 4.79 Å². The molecular formula is C31H30O7. The Balaban J connectivity index is 1.68. The summed E-state index contributed by atoms with van der Waals surface area (Å²) in [5.41, 5.74) is 3.62. The number of carboxylic acids is 1. The Morgan fingerprint density at radius 2 is 1.00 bits per heavy atom. The van der Waals surface area contributed by atoms with Gasteiger partial charge in [-0.15, -0.1) is 0 Å². The van der Waals surface area contributed by atoms with Crippen LogP contribution >= 0.6 is 0 Å². The minimum atomic E-state index is -1.10. The van der Waals surface area contributed by atoms with Crippen LogP contribution < -0.4 is 23.7 Å². The fraction of sp³-hybridized carbons (Fsp3) is 0.194. The monoisotopic (exact) mass is 514 g/mol. The van der Waals surface area contributed by atoms with Crippen molar-refractivity contribution in [3.63, 3.8) is 0 Å². The molecule has 0 heterocycles. The molecule has 7 nitrogen and oxygen atoms in total. The standard InChI is InChI=1S/C31H30O7/c1-34-25-11-4-21(5-12-25)18-24-10-17-28(31(32)33)30(38-20-23-8-15-27(36-3)16-9-23)29(24)37-19-22-6-13-26(35-2)14-7-22/h4-17H,18-20H2,1-3H3,(H,32,33). The molecule has 4 rings (SSSR count). The van der Waals surface area contributed by atoms with Gasteiger partial charge in [-0.3, -0.25) is 0 Å². The van der Waals surface area contributed by atoms with Gasteiger partial charge in [0.1, 0.15) is 36.0 Å². The fourth-order valence-electron chi connectivity index (χ4n) is 3.93. The van der Waals surface area contributed by atoms with Crippen LogP contribution in [0.4, 0.5) is 0 Å². The second kappa shape index (κ2) is 12.5. The number of rotatable bonds is 12. The molecule has 0 fully saturated rings. The van der Waals surface area contributed by atoms with Crippen LogP contribution in [0.2, 0.25) is 0 Å². The summed E-state index contributed by atoms with van der Waals surface area (Å²) >= 11 is 0. The van der Waals surface area contributed by atoms with Crippen molar-refractivity contribution in [2.24, 2.45) is 0 Å². The van der Waals surface area contributed by atoms with E-state index >= 15 is 0 Å². The number of carbonyl (C=O) groups is 1. The Morgan fingerprint density at radius 1 is 0.579 bits per heavy atom. The van der Waals surface area contributed by atoms with Crippen molar-refractivity contribution in [1.29, 1.82) is 0 Å². The highest BCUT2D eigenvalue weighted by atomic mass is 16.5. The molecule has 0 aliphatic rings. The van der Waals surface area contributed by atoms with Crippen LogP contribution in [0.1, 0.15) is 32.6 Å². The van der Waals surface area contributed by atoms with E-state index in [2.05, 4.69) is 0 Å². The summed E-state index contributed by atoms with van der Waals surface area (Å²) in [7, 11) is 4.84. The molecular weight excluding hydrogens is 484 g/mol. The van der Waals surface area contributed by atoms with Gasteiger partial charge in [0.05, 0.1) is 21.3 Å². The summed E-state index contributed by atoms with van der Waals surface area (Å²) in [6.45, 7) is 0.386. The van der Waals surface area contributed by atoms with Crippen LogP contribution in [-0.4, -0.2) is 32.4 Å². The maximum Gasteiger partial charge on any atom is 0.339 e. The van der Waals surface area contributed by atoms with Crippen LogP contribution in [-0.2, 0) is 19.6 Å². The van der Waals surface area contributed by atoms with Crippen LogP contribution in [0, 0.1) is 0 Å². The van der Waals surface area contributed by atoms with E-state index in [1.54, 1.807) is 33.5 Å². The molecule has 0 amide bonds. The summed E-state index contributed by atoms with van der Waals surface area (Å²) in [5, 5.41) is 9.96. The second-order valence-corrected chi connectivity index (χ2v) is 8.53. The van der Waals surface area contributed by atoms with Gasteiger partial charge in [0.25, 0.3) is 0 Å². The summed E-state index contributed by atoms with van der Waals surface area (Å²) in [6.07, 6.45) is 0.515. The number of aromatic carboxylic acids is 1. The highest BCUT2D eigenvalue weighted by molar-refractivity contribution is 5.92. The minimum absolute atomic E-state index is 0.0294. The number of carboxylic acid groups (broad SMARTS) is 1. The van der Waals surface area contributed by atoms with Gasteiger partial charge in [0, 0.05) is 12.0 Å². The van der Waals surface area contributed by atoms with Crippen molar-refractivity contribution >= 4 is 5.97 Å². The highest BCUT2D eigenvalue weighted by Crippen LogP contribution is 2.38. The van der Waals surface area contributed by atoms with E-state index in [-0.39, 0.29) is 24.5 Å². The molecule has 0 saturated heterocycles. The zero-order valence-corrected chi connectivity index (χ0v) is 21.6. The number of methoxy groups -OCH3 is 3. The third kappa shape index (κ3) is 6.56. The number of ether oxygens (including phenoxy) is 5. The third-order valence-corrected chi connectivity index (χ3v) is 6.06. The van der Waals surface area contributed by atoms with E-state index < -0.39 is 5.97 Å². The molecule has 4 aromatic carbocycles. The Hall–Kier alpha value is -4.65. The lowest BCUT2D eigenvalue weighted by Crippen LogP contribution is -2.09. The first-order valence-corrected chi connectivity index (χ1v) is 12.0. The molecule has 0 saturated carbocycles. The lowest BCUT2D eigenvalue weighted by Gasteiger charge is -2.19. The quantitative estimate of drug-likeness (QED) is 0.242. The van der Waals surface area contributed by atoms with Crippen molar-refractivity contribution < 1.29 is 33.6 Å². The molecule has 1 N–H and O–H groups in total. The zero-order valence-electron chi connectivity index (χ0n) is 21.6. The predicted molar refractivity (Wildman–Crippen MR) is 144 cm³/mol. The van der Waals surface area contributed by atoms with Crippen LogP contribution in [0.5, 0.6) is 28.7 Å². The highest BCUT2D eigenvalue weighted by Gasteiger charge is 2.21. The van der Waals surface area contributed by atoms with E-state index in [1.807, 2.05) is 72.8 Å². The molecule has 0 atom stereocenters. The van der Waals surface area contributed by atoms with Gasteiger partial charge in [-0.2, -0.15) is 0 Å². The SMILES string of the molecule is COc1ccc(COc2c(Cc3ccc(OC)cc3)ccc(C(=O)O)c2OCc2ccc(OC)cc2)cc1. The van der Waals surface area contributed by atoms with E-state index in [4.69, 9.17) is 23.7 Å². The van der Waals surface area contributed by atoms with Crippen molar-refractivity contribution in [2.45, 2.75) is 19.6 Å². The van der Waals surface area contributed by atoms with Gasteiger partial charge >= 0.3 is 5.97 Å². The number of hydrogen-bond acceptors (Lipinski definition) is 6. The first kappa shape index (κ1) is 26.4. The zero-order chi connectivity index (χ0) is 26.9. The van der Waals surface area contributed by atoms with E-state index in [0.29, 0.717) is 12.2 Å². The molecule has 0 spiro atoms. The first-order chi connectivity index (χ1) is 18.5. The van der Waals surface area contributed by atoms with Gasteiger partial charge in [-0.05, 0) is 59.2 Å². The second-order valence-electron chi connectivity index (χ2n) is 8.53. The van der Waals surface area contributed by atoms with E-state index in [9.17, 15) is 9.90 Å². The average Bonchev–Trinajstić information content (AvgIpc) is 2.96. The molecule has 0 radical (unpaired) electrons. The van der Waals surface area contributed by atoms with Crippen LogP contribution in [0.25, 0.3) is 0 Å². The summed E-state index contributed by atoms with van der Waals surface area (Å²) in [6, 6.07) is 26.0. The molecule has 0 bridgehead atoms. The predicted octanol–water partition coefficient (Wildman–Crippen LogP) is 6.16. The average molecular weight is 515 g/mol. The maximum absolute atomic E-state index is 12.2. The lowest BCUT2D eigenvalue weighted by atomic mass is 10.0.